The first-order valence-corrected chi connectivity index (χ1v) is 9.22. The van der Waals surface area contributed by atoms with E-state index < -0.39 is 8.77 Å². The van der Waals surface area contributed by atoms with Crippen molar-refractivity contribution in [2.45, 2.75) is 37.1 Å². The largest absolute Gasteiger partial charge is 0.326 e. The van der Waals surface area contributed by atoms with Crippen LogP contribution in [-0.2, 0) is 19.1 Å². The van der Waals surface area contributed by atoms with E-state index in [1.807, 2.05) is 19.1 Å². The van der Waals surface area contributed by atoms with E-state index in [1.54, 1.807) is 12.1 Å². The third kappa shape index (κ3) is 4.39. The van der Waals surface area contributed by atoms with Crippen LogP contribution in [-0.4, -0.2) is 26.6 Å². The van der Waals surface area contributed by atoms with Gasteiger partial charge in [0.1, 0.15) is 4.90 Å². The topological polar surface area (TPSA) is 49.3 Å². The molecular formula is C13H21ClNO2S2+. The average molecular weight is 323 g/mol. The third-order valence-electron chi connectivity index (χ3n) is 3.22. The van der Waals surface area contributed by atoms with Crippen molar-refractivity contribution in [3.05, 3.63) is 29.8 Å². The zero-order chi connectivity index (χ0) is 13.2. The van der Waals surface area contributed by atoms with Crippen LogP contribution in [0.4, 0.5) is 0 Å². The summed E-state index contributed by atoms with van der Waals surface area (Å²) >= 11 is 0. The van der Waals surface area contributed by atoms with E-state index in [9.17, 15) is 8.76 Å². The second-order valence-corrected chi connectivity index (χ2v) is 8.87. The number of hydrogen-bond acceptors (Lipinski definition) is 2. The fourth-order valence-electron chi connectivity index (χ4n) is 1.87. The summed E-state index contributed by atoms with van der Waals surface area (Å²) in [7, 11) is -1.79. The van der Waals surface area contributed by atoms with E-state index in [0.717, 1.165) is 24.9 Å². The second kappa shape index (κ2) is 6.50. The fourth-order valence-corrected chi connectivity index (χ4v) is 5.16. The molecule has 19 heavy (non-hydrogen) atoms. The molecule has 1 aromatic carbocycles. The summed E-state index contributed by atoms with van der Waals surface area (Å²) in [4.78, 5) is 0.519. The molecule has 0 aliphatic heterocycles. The molecule has 108 valence electrons. The maximum Gasteiger partial charge on any atom is 0.326 e. The Hall–Kier alpha value is -0.200. The van der Waals surface area contributed by atoms with Crippen molar-refractivity contribution in [2.24, 2.45) is 0 Å². The SMILES string of the molecule is CCNC1(C[S+]=S(=O)(O)c2ccc(C)cc2)CC1.Cl. The van der Waals surface area contributed by atoms with E-state index in [1.165, 1.54) is 10.3 Å². The Morgan fingerprint density at radius 2 is 1.95 bits per heavy atom. The van der Waals surface area contributed by atoms with Gasteiger partial charge in [-0.05, 0) is 38.4 Å². The zero-order valence-electron chi connectivity index (χ0n) is 11.2. The molecule has 0 radical (unpaired) electrons. The minimum Gasteiger partial charge on any atom is -0.307 e. The van der Waals surface area contributed by atoms with Crippen LogP contribution >= 0.6 is 12.4 Å². The maximum absolute atomic E-state index is 12.3. The molecule has 0 heterocycles. The number of hydrogen-bond donors (Lipinski definition) is 2. The predicted molar refractivity (Wildman–Crippen MR) is 85.3 cm³/mol. The van der Waals surface area contributed by atoms with Crippen LogP contribution in [0.15, 0.2) is 29.2 Å². The van der Waals surface area contributed by atoms with Crippen LogP contribution in [0.5, 0.6) is 0 Å². The van der Waals surface area contributed by atoms with Gasteiger partial charge in [-0.15, -0.1) is 12.4 Å². The van der Waals surface area contributed by atoms with Crippen LogP contribution in [0.25, 0.3) is 0 Å². The lowest BCUT2D eigenvalue weighted by Crippen LogP contribution is -2.34. The van der Waals surface area contributed by atoms with Gasteiger partial charge in [0.05, 0.1) is 5.54 Å². The summed E-state index contributed by atoms with van der Waals surface area (Å²) < 4.78 is 22.4. The Labute approximate surface area is 125 Å². The zero-order valence-corrected chi connectivity index (χ0v) is 13.7. The van der Waals surface area contributed by atoms with Crippen molar-refractivity contribution in [2.75, 3.05) is 12.3 Å². The maximum atomic E-state index is 12.3. The Kier molecular flexibility index (Phi) is 5.77. The quantitative estimate of drug-likeness (QED) is 0.819. The molecule has 1 saturated carbocycles. The second-order valence-electron chi connectivity index (χ2n) is 4.86. The van der Waals surface area contributed by atoms with Crippen molar-refractivity contribution in [1.82, 2.24) is 5.32 Å². The third-order valence-corrected chi connectivity index (χ3v) is 6.97. The van der Waals surface area contributed by atoms with Crippen molar-refractivity contribution < 1.29 is 8.76 Å². The first kappa shape index (κ1) is 16.9. The van der Waals surface area contributed by atoms with Gasteiger partial charge in [0.15, 0.2) is 0 Å². The minimum atomic E-state index is -2.96. The van der Waals surface area contributed by atoms with Gasteiger partial charge in [-0.25, -0.2) is 0 Å². The predicted octanol–water partition coefficient (Wildman–Crippen LogP) is 2.67. The van der Waals surface area contributed by atoms with Crippen molar-refractivity contribution >= 4 is 31.5 Å². The summed E-state index contributed by atoms with van der Waals surface area (Å²) in [5, 5.41) is 3.41. The number of aryl methyl sites for hydroxylation is 1. The van der Waals surface area contributed by atoms with Crippen LogP contribution in [0.3, 0.4) is 0 Å². The average Bonchev–Trinajstić information content (AvgIpc) is 3.08. The highest BCUT2D eigenvalue weighted by Crippen LogP contribution is 2.35. The summed E-state index contributed by atoms with van der Waals surface area (Å²) in [6.07, 6.45) is 2.22. The molecule has 1 aliphatic rings. The Morgan fingerprint density at radius 3 is 2.42 bits per heavy atom. The summed E-state index contributed by atoms with van der Waals surface area (Å²) in [6.45, 7) is 4.96. The molecule has 2 N–H and O–H groups in total. The minimum absolute atomic E-state index is 0. The van der Waals surface area contributed by atoms with Crippen molar-refractivity contribution in [1.29, 1.82) is 0 Å². The molecule has 0 saturated heterocycles. The highest BCUT2D eigenvalue weighted by atomic mass is 35.5. The van der Waals surface area contributed by atoms with Gasteiger partial charge in [0.25, 0.3) is 10.3 Å². The van der Waals surface area contributed by atoms with E-state index in [0.29, 0.717) is 10.6 Å². The lowest BCUT2D eigenvalue weighted by molar-refractivity contribution is 0.557. The highest BCUT2D eigenvalue weighted by molar-refractivity contribution is 8.36. The van der Waals surface area contributed by atoms with E-state index >= 15 is 0 Å². The molecule has 0 spiro atoms. The van der Waals surface area contributed by atoms with Gasteiger partial charge >= 0.3 is 8.77 Å². The lowest BCUT2D eigenvalue weighted by Gasteiger charge is -2.07. The summed E-state index contributed by atoms with van der Waals surface area (Å²) in [5.74, 6) is 0.698. The van der Waals surface area contributed by atoms with E-state index in [2.05, 4.69) is 12.2 Å². The van der Waals surface area contributed by atoms with Gasteiger partial charge in [-0.1, -0.05) is 24.6 Å². The smallest absolute Gasteiger partial charge is 0.307 e. The van der Waals surface area contributed by atoms with Gasteiger partial charge in [0, 0.05) is 0 Å². The van der Waals surface area contributed by atoms with Crippen LogP contribution < -0.4 is 5.32 Å². The van der Waals surface area contributed by atoms with Crippen LogP contribution in [0.2, 0.25) is 0 Å². The normalized spacial score (nSPS) is 19.1. The fraction of sp³-hybridized carbons (Fsp3) is 0.538. The number of halogens is 1. The number of nitrogens with one attached hydrogen (secondary N) is 1. The van der Waals surface area contributed by atoms with Gasteiger partial charge in [0.2, 0.25) is 5.75 Å². The van der Waals surface area contributed by atoms with Gasteiger partial charge in [-0.3, -0.25) is 4.55 Å². The van der Waals surface area contributed by atoms with Crippen molar-refractivity contribution in [3.63, 3.8) is 0 Å². The standard InChI is InChI=1S/C13H19NO2S2.ClH/c1-3-14-13(8-9-13)10-17-18(15,16)12-6-4-11(2)5-7-12;/h4-7,14H,3,8-10H2,1-2H3;1H/p+1. The molecule has 2 rings (SSSR count). The summed E-state index contributed by atoms with van der Waals surface area (Å²) in [6, 6.07) is 7.25. The number of benzene rings is 1. The van der Waals surface area contributed by atoms with Gasteiger partial charge in [-0.2, -0.15) is 4.21 Å². The van der Waals surface area contributed by atoms with E-state index in [4.69, 9.17) is 0 Å². The molecule has 1 fully saturated rings. The Bertz CT molecular complexity index is 532. The first-order valence-electron chi connectivity index (χ1n) is 6.20. The molecule has 1 unspecified atom stereocenters. The molecule has 1 aliphatic carbocycles. The van der Waals surface area contributed by atoms with E-state index in [-0.39, 0.29) is 17.9 Å². The van der Waals surface area contributed by atoms with Gasteiger partial charge < -0.3 is 5.32 Å². The first-order chi connectivity index (χ1) is 8.47. The molecule has 1 atom stereocenters. The molecule has 0 bridgehead atoms. The molecule has 0 aromatic heterocycles. The van der Waals surface area contributed by atoms with Crippen molar-refractivity contribution in [3.8, 4) is 0 Å². The molecule has 0 amide bonds. The van der Waals surface area contributed by atoms with Crippen LogP contribution in [0.1, 0.15) is 25.3 Å². The van der Waals surface area contributed by atoms with Crippen LogP contribution in [0, 0.1) is 6.92 Å². The molecule has 3 nitrogen and oxygen atoms in total. The lowest BCUT2D eigenvalue weighted by atomic mass is 10.2. The Morgan fingerprint density at radius 1 is 1.37 bits per heavy atom. The monoisotopic (exact) mass is 322 g/mol. The Balaban J connectivity index is 0.00000180. The molecule has 6 heteroatoms. The summed E-state index contributed by atoms with van der Waals surface area (Å²) in [5.41, 5.74) is 1.21. The number of rotatable bonds is 5. The molecular weight excluding hydrogens is 302 g/mol. The molecule has 1 aromatic rings. The highest BCUT2D eigenvalue weighted by Gasteiger charge is 2.46.